The maximum Gasteiger partial charge on any atom is 0.192 e. The number of ketones is 1. The van der Waals surface area contributed by atoms with Crippen LogP contribution in [-0.2, 0) is 15.6 Å². The Bertz CT molecular complexity index is 540. The molecule has 1 aromatic carbocycles. The van der Waals surface area contributed by atoms with Gasteiger partial charge < -0.3 is 4.43 Å². The van der Waals surface area contributed by atoms with E-state index in [0.29, 0.717) is 0 Å². The lowest BCUT2D eigenvalue weighted by Crippen LogP contribution is -2.47. The van der Waals surface area contributed by atoms with E-state index in [2.05, 4.69) is 46.0 Å². The van der Waals surface area contributed by atoms with Gasteiger partial charge in [-0.3, -0.25) is 4.79 Å². The Morgan fingerprint density at radius 2 is 1.82 bits per heavy atom. The summed E-state index contributed by atoms with van der Waals surface area (Å²) in [5, 5.41) is 0.161. The molecule has 0 spiro atoms. The zero-order chi connectivity index (χ0) is 16.4. The van der Waals surface area contributed by atoms with E-state index in [9.17, 15) is 4.79 Å². The molecular formula is C19H28O2Si. The number of allylic oxidation sites excluding steroid dienone is 1. The molecule has 120 valence electrons. The van der Waals surface area contributed by atoms with E-state index >= 15 is 0 Å². The number of carbonyl (C=O) groups excluding carboxylic acids is 1. The summed E-state index contributed by atoms with van der Waals surface area (Å²) < 4.78 is 6.57. The first-order valence-electron chi connectivity index (χ1n) is 8.13. The number of rotatable bonds is 4. The number of hydrogen-bond donors (Lipinski definition) is 0. The van der Waals surface area contributed by atoms with Gasteiger partial charge in [-0.1, -0.05) is 57.2 Å². The fourth-order valence-corrected chi connectivity index (χ4v) is 3.95. The van der Waals surface area contributed by atoms with Gasteiger partial charge in [-0.15, -0.1) is 0 Å². The third-order valence-electron chi connectivity index (χ3n) is 5.02. The molecular weight excluding hydrogens is 288 g/mol. The molecule has 2 rings (SSSR count). The molecule has 0 saturated carbocycles. The van der Waals surface area contributed by atoms with E-state index in [4.69, 9.17) is 4.43 Å². The molecule has 0 bridgehead atoms. The average molecular weight is 317 g/mol. The predicted molar refractivity (Wildman–Crippen MR) is 94.5 cm³/mol. The van der Waals surface area contributed by atoms with Crippen LogP contribution in [-0.4, -0.2) is 20.2 Å². The zero-order valence-electron chi connectivity index (χ0n) is 14.4. The largest absolute Gasteiger partial charge is 0.413 e. The number of hydrogen-bond acceptors (Lipinski definition) is 2. The second kappa shape index (κ2) is 6.51. The van der Waals surface area contributed by atoms with Gasteiger partial charge in [-0.2, -0.15) is 0 Å². The molecule has 0 amide bonds. The minimum absolute atomic E-state index is 0.0126. The summed E-state index contributed by atoms with van der Waals surface area (Å²) in [5.74, 6) is 0.153. The van der Waals surface area contributed by atoms with Crippen molar-refractivity contribution in [1.82, 2.24) is 0 Å². The molecule has 0 saturated heterocycles. The van der Waals surface area contributed by atoms with Gasteiger partial charge in [0.2, 0.25) is 0 Å². The molecule has 0 radical (unpaired) electrons. The highest BCUT2D eigenvalue weighted by Crippen LogP contribution is 2.39. The molecule has 0 aromatic heterocycles. The van der Waals surface area contributed by atoms with Crippen molar-refractivity contribution >= 4 is 14.1 Å². The van der Waals surface area contributed by atoms with Gasteiger partial charge in [-0.25, -0.2) is 0 Å². The lowest BCUT2D eigenvalue weighted by Gasteiger charge is -2.41. The van der Waals surface area contributed by atoms with Crippen molar-refractivity contribution in [2.75, 3.05) is 0 Å². The van der Waals surface area contributed by atoms with Gasteiger partial charge in [0, 0.05) is 0 Å². The topological polar surface area (TPSA) is 26.3 Å². The second-order valence-electron chi connectivity index (χ2n) is 7.75. The van der Waals surface area contributed by atoms with Crippen LogP contribution in [0.5, 0.6) is 0 Å². The van der Waals surface area contributed by atoms with Crippen LogP contribution in [0.4, 0.5) is 0 Å². The third kappa shape index (κ3) is 3.96. The zero-order valence-corrected chi connectivity index (χ0v) is 15.4. The van der Waals surface area contributed by atoms with Crippen LogP contribution in [0.1, 0.15) is 32.8 Å². The molecule has 0 N–H and O–H groups in total. The second-order valence-corrected chi connectivity index (χ2v) is 12.5. The van der Waals surface area contributed by atoms with Gasteiger partial charge in [0.25, 0.3) is 0 Å². The molecule has 1 aliphatic carbocycles. The quantitative estimate of drug-likeness (QED) is 0.748. The first-order valence-corrected chi connectivity index (χ1v) is 11.0. The summed E-state index contributed by atoms with van der Waals surface area (Å²) in [4.78, 5) is 12.4. The normalized spacial score (nSPS) is 22.9. The highest BCUT2D eigenvalue weighted by molar-refractivity contribution is 6.74. The summed E-state index contributed by atoms with van der Waals surface area (Å²) >= 11 is 0. The van der Waals surface area contributed by atoms with Crippen LogP contribution in [0.3, 0.4) is 0 Å². The molecule has 3 heteroatoms. The first kappa shape index (κ1) is 17.2. The van der Waals surface area contributed by atoms with Crippen molar-refractivity contribution < 1.29 is 9.22 Å². The monoisotopic (exact) mass is 316 g/mol. The molecule has 0 aliphatic heterocycles. The van der Waals surface area contributed by atoms with E-state index in [1.54, 1.807) is 6.08 Å². The van der Waals surface area contributed by atoms with Crippen molar-refractivity contribution in [3.63, 3.8) is 0 Å². The summed E-state index contributed by atoms with van der Waals surface area (Å²) in [6.45, 7) is 11.2. The van der Waals surface area contributed by atoms with Crippen molar-refractivity contribution in [3.8, 4) is 0 Å². The van der Waals surface area contributed by atoms with Crippen molar-refractivity contribution in [2.24, 2.45) is 5.92 Å². The van der Waals surface area contributed by atoms with Crippen LogP contribution >= 0.6 is 0 Å². The van der Waals surface area contributed by atoms with Gasteiger partial charge in [0.05, 0.1) is 12.0 Å². The Morgan fingerprint density at radius 3 is 2.41 bits per heavy atom. The molecule has 2 atom stereocenters. The minimum Gasteiger partial charge on any atom is -0.413 e. The van der Waals surface area contributed by atoms with Crippen molar-refractivity contribution in [2.45, 2.75) is 57.8 Å². The molecule has 0 heterocycles. The SMILES string of the molecule is CC(C)(C)[Si](C)(C)O[C@H]1CC=CC(=O)[C@H]1Cc1ccccc1. The summed E-state index contributed by atoms with van der Waals surface area (Å²) in [5.41, 5.74) is 1.21. The van der Waals surface area contributed by atoms with Crippen molar-refractivity contribution in [1.29, 1.82) is 0 Å². The van der Waals surface area contributed by atoms with E-state index < -0.39 is 8.32 Å². The van der Waals surface area contributed by atoms with Gasteiger partial charge in [0.15, 0.2) is 14.1 Å². The Hall–Kier alpha value is -1.19. The van der Waals surface area contributed by atoms with Gasteiger partial charge in [-0.05, 0) is 42.6 Å². The number of benzene rings is 1. The summed E-state index contributed by atoms with van der Waals surface area (Å²) in [6, 6.07) is 10.3. The first-order chi connectivity index (χ1) is 10.2. The van der Waals surface area contributed by atoms with E-state index in [1.165, 1.54) is 5.56 Å². The Morgan fingerprint density at radius 1 is 1.18 bits per heavy atom. The van der Waals surface area contributed by atoms with Crippen LogP contribution < -0.4 is 0 Å². The lowest BCUT2D eigenvalue weighted by atomic mass is 9.85. The molecule has 1 aliphatic rings. The standard InChI is InChI=1S/C19H28O2Si/c1-19(2,3)22(4,5)21-18-13-9-12-17(20)16(18)14-15-10-7-6-8-11-15/h6-12,16,18H,13-14H2,1-5H3/t16-,18+/m1/s1. The summed E-state index contributed by atoms with van der Waals surface area (Å²) in [7, 11) is -1.87. The molecule has 1 aromatic rings. The van der Waals surface area contributed by atoms with Gasteiger partial charge >= 0.3 is 0 Å². The van der Waals surface area contributed by atoms with E-state index in [1.807, 2.05) is 24.3 Å². The average Bonchev–Trinajstić information content (AvgIpc) is 2.42. The van der Waals surface area contributed by atoms with Crippen molar-refractivity contribution in [3.05, 3.63) is 48.0 Å². The summed E-state index contributed by atoms with van der Waals surface area (Å²) in [6.07, 6.45) is 5.33. The number of carbonyl (C=O) groups is 1. The highest BCUT2D eigenvalue weighted by Gasteiger charge is 2.42. The Labute approximate surface area is 135 Å². The third-order valence-corrected chi connectivity index (χ3v) is 9.52. The lowest BCUT2D eigenvalue weighted by molar-refractivity contribution is -0.121. The molecule has 22 heavy (non-hydrogen) atoms. The minimum atomic E-state index is -1.87. The van der Waals surface area contributed by atoms with E-state index in [-0.39, 0.29) is 22.8 Å². The smallest absolute Gasteiger partial charge is 0.192 e. The van der Waals surface area contributed by atoms with E-state index in [0.717, 1.165) is 12.8 Å². The predicted octanol–water partition coefficient (Wildman–Crippen LogP) is 4.76. The fourth-order valence-electron chi connectivity index (χ4n) is 2.57. The molecule has 0 unspecified atom stereocenters. The van der Waals surface area contributed by atoms with Crippen LogP contribution in [0, 0.1) is 5.92 Å². The highest BCUT2D eigenvalue weighted by atomic mass is 28.4. The van der Waals surface area contributed by atoms with Crippen LogP contribution in [0.2, 0.25) is 18.1 Å². The van der Waals surface area contributed by atoms with Gasteiger partial charge in [0.1, 0.15) is 0 Å². The Balaban J connectivity index is 2.18. The van der Waals surface area contributed by atoms with Crippen LogP contribution in [0.15, 0.2) is 42.5 Å². The maximum absolute atomic E-state index is 12.4. The maximum atomic E-state index is 12.4. The molecule has 2 nitrogen and oxygen atoms in total. The fraction of sp³-hybridized carbons (Fsp3) is 0.526. The molecule has 0 fully saturated rings. The van der Waals surface area contributed by atoms with Crippen LogP contribution in [0.25, 0.3) is 0 Å². The Kier molecular flexibility index (Phi) is 5.08.